The van der Waals surface area contributed by atoms with Crippen molar-refractivity contribution >= 4 is 151 Å². The van der Waals surface area contributed by atoms with Crippen LogP contribution in [0.1, 0.15) is 181 Å². The highest BCUT2D eigenvalue weighted by molar-refractivity contribution is 8.16. The number of alkyl halides is 9. The molecule has 3 fully saturated rings. The molecule has 0 aromatic rings. The van der Waals surface area contributed by atoms with Gasteiger partial charge in [-0.3, -0.25) is 23.5 Å². The lowest BCUT2D eigenvalue weighted by molar-refractivity contribution is -0.319. The van der Waals surface area contributed by atoms with E-state index in [0.29, 0.717) is 45.1 Å². The maximum Gasteiger partial charge on any atom is 0.422 e. The molecule has 0 aromatic carbocycles. The molecule has 0 bridgehead atoms. The summed E-state index contributed by atoms with van der Waals surface area (Å²) in [6.07, 6.45) is -0.705. The molecule has 3 aliphatic carbocycles. The molecule has 4 rings (SSSR count). The predicted octanol–water partition coefficient (Wildman–Crippen LogP) is 19.7. The summed E-state index contributed by atoms with van der Waals surface area (Å²) < 4.78 is 363. The minimum absolute atomic E-state index is 0.0697. The summed E-state index contributed by atoms with van der Waals surface area (Å²) >= 11 is 3.54. The summed E-state index contributed by atoms with van der Waals surface area (Å²) in [6, 6.07) is 0. The zero-order valence-electron chi connectivity index (χ0n) is 83.2. The van der Waals surface area contributed by atoms with Crippen LogP contribution in [-0.2, 0) is 221 Å². The second kappa shape index (κ2) is 69.9. The number of halogens is 9. The third-order valence-corrected chi connectivity index (χ3v) is 28.4. The van der Waals surface area contributed by atoms with Crippen molar-refractivity contribution in [3.05, 3.63) is 192 Å². The van der Waals surface area contributed by atoms with Crippen molar-refractivity contribution < 1.29 is 247 Å². The maximum atomic E-state index is 12.7. The van der Waals surface area contributed by atoms with E-state index in [-0.39, 0.29) is 33.8 Å². The van der Waals surface area contributed by atoms with Crippen LogP contribution in [0.5, 0.6) is 0 Å². The Balaban J connectivity index is -0.000000294. The molecular weight excluding hydrogens is 2270 g/mol. The largest absolute Gasteiger partial charge is 0.422 e. The zero-order valence-corrected chi connectivity index (χ0v) is 94.0. The Morgan fingerprint density at radius 3 is 0.980 bits per heavy atom. The predicted molar refractivity (Wildman–Crippen MR) is 521 cm³/mol. The smallest absolute Gasteiger partial charge is 0.307 e. The quantitative estimate of drug-likeness (QED) is 0.0137. The van der Waals surface area contributed by atoms with Crippen molar-refractivity contribution in [1.82, 2.24) is 0 Å². The third kappa shape index (κ3) is 81.7. The van der Waals surface area contributed by atoms with Gasteiger partial charge in [-0.2, -0.15) is 133 Å². The number of hydrogen-bond donors (Lipinski definition) is 0. The van der Waals surface area contributed by atoms with Crippen LogP contribution < -0.4 is 0 Å². The molecule has 147 heavy (non-hydrogen) atoms. The SMILES string of the molecule is C=C(C(=O)OOC(=O)C(=C)C(F)(F)F)C(F)(F)F.C=C(C(=O)OOC(C)(C)C)C(F)(F)F.C=C(C)P(=O)(OC)OOC(C)(C)C.C=C(C)P(=O)(OOC(C)(C)C)C1CCCC1.C=C(C)S(=O)(=O)OOS(=O)(=O)C(=C)C.C=CC(=O)OOS(=O)(=O)C=C.C=CP(C)(=O)OOC(C)(C)C.C=CS(=O)(=O)OOC1CC=CC1.C=CS(=O)(=O)OOC1CCCC1.C=CS(=O)(=O)OOC1CCSCSC1.C=CS(=O)(=O)OOS(=O)(=O)C=C. The Labute approximate surface area is 860 Å². The fraction of sp³-hybridized carbons (Fsp3) is 0.544. The second-order valence-electron chi connectivity index (χ2n) is 31.8. The topological polar surface area (TPSA) is 605 Å². The summed E-state index contributed by atoms with van der Waals surface area (Å²) in [7, 11) is -39.3. The Morgan fingerprint density at radius 1 is 0.374 bits per heavy atom. The van der Waals surface area contributed by atoms with Gasteiger partial charge in [0.25, 0.3) is 14.7 Å². The van der Waals surface area contributed by atoms with E-state index in [0.717, 1.165) is 105 Å². The number of hydrogen-bond acceptors (Lipinski definition) is 48. The lowest BCUT2D eigenvalue weighted by atomic mass is 10.2. The average Bonchev–Trinajstić information content (AvgIpc) is 1.74. The summed E-state index contributed by atoms with van der Waals surface area (Å²) in [4.78, 5) is 88.9. The molecule has 4 atom stereocenters. The highest BCUT2D eigenvalue weighted by Gasteiger charge is 2.44. The first-order valence-electron chi connectivity index (χ1n) is 40.2. The van der Waals surface area contributed by atoms with Crippen molar-refractivity contribution in [2.45, 2.75) is 246 Å². The third-order valence-electron chi connectivity index (χ3n) is 13.9. The number of carbonyl (C=O) groups is 4. The lowest BCUT2D eigenvalue weighted by Crippen LogP contribution is -2.26. The number of carbonyl (C=O) groups excluding carboxylic acids is 4. The fourth-order valence-electron chi connectivity index (χ4n) is 6.42. The molecule has 856 valence electrons. The van der Waals surface area contributed by atoms with Gasteiger partial charge >= 0.3 is 131 Å². The van der Waals surface area contributed by atoms with Crippen LogP contribution in [0.3, 0.4) is 0 Å². The molecule has 0 radical (unpaired) electrons. The molecule has 46 nitrogen and oxygen atoms in total. The molecule has 2 saturated carbocycles. The van der Waals surface area contributed by atoms with E-state index in [1.807, 2.05) is 65.5 Å². The van der Waals surface area contributed by atoms with Gasteiger partial charge in [-0.25, -0.2) is 58.3 Å². The molecule has 0 spiro atoms. The number of rotatable bonds is 41. The van der Waals surface area contributed by atoms with Gasteiger partial charge in [-0.15, -0.1) is 29.4 Å². The Morgan fingerprint density at radius 2 is 0.680 bits per heavy atom. The zero-order chi connectivity index (χ0) is 117. The van der Waals surface area contributed by atoms with Gasteiger partial charge in [0, 0.05) is 47.0 Å². The first-order valence-corrected chi connectivity index (χ1v) is 59.5. The van der Waals surface area contributed by atoms with Crippen molar-refractivity contribution in [3.63, 3.8) is 0 Å². The van der Waals surface area contributed by atoms with E-state index in [2.05, 4.69) is 167 Å². The van der Waals surface area contributed by atoms with Gasteiger partial charge in [0.2, 0.25) is 0 Å². The van der Waals surface area contributed by atoms with Crippen LogP contribution in [0.4, 0.5) is 39.5 Å². The minimum Gasteiger partial charge on any atom is -0.307 e. The van der Waals surface area contributed by atoms with Gasteiger partial charge in [0.15, 0.2) is 0 Å². The Kier molecular flexibility index (Phi) is 72.8. The molecule has 4 aliphatic rings. The van der Waals surface area contributed by atoms with Crippen LogP contribution in [0.25, 0.3) is 0 Å². The van der Waals surface area contributed by atoms with Crippen LogP contribution in [0, 0.1) is 0 Å². The summed E-state index contributed by atoms with van der Waals surface area (Å²) in [5.74, 6) is -4.12. The van der Waals surface area contributed by atoms with Gasteiger partial charge in [0.05, 0.1) is 65.2 Å². The standard InChI is InChI=1S/C12H23O3P.C8H4F6O4.C8H11F3O3.C8H17O4P.C7H12O4S3.C7H12O4S.C7H10O4S.C7H15O3P.C6H10O6S2.C5H6O5S.C4H6O6S2/c1-10(2)16(13,11-8-6-7-9-11)15-14-12(3,4)5;1-3(7(9,10)11)5(15)17-18-6(16)4(2)8(12,13)14;1-5(8(9,10)11)6(12)13-14-7(2,3)4;1-7(2)13(9,10-6)12-11-8(3,4)5;1-2-14(8,9)11-10-7-3-4-12-6-13-5-7;2*1-2-12(8,9)11-10-7-5-3-4-6-7;1-6-11(5,8)10-9-7(2,3)4;1-5(2)13(7,8)11-12-14(9,10)6(3)4;1-3-5(6)9-10-11(7,8)4-2;1-3-11(5,6)9-10-12(7,8)4-2/h11H,1,6-9H2,2-5H3;1-2H2;1H2,2-4H3;1H2,2-6H3;2,7H,1,3-6H2;2,7H,1,3-6H2;2-4,7H,1,5-6H2;6H,1H2,2-5H3;1,3H2,2,4H3;3-4H,1-2H2;3-4H,1-2H2. The Bertz CT molecular complexity index is 5370. The maximum absolute atomic E-state index is 12.7. The van der Waals surface area contributed by atoms with E-state index in [1.54, 1.807) is 46.4 Å². The summed E-state index contributed by atoms with van der Waals surface area (Å²) in [5.41, 5.74) is -7.85. The summed E-state index contributed by atoms with van der Waals surface area (Å²) in [5, 5.41) is 5.40. The normalized spacial score (nSPS) is 16.1. The molecule has 1 heterocycles. The number of thioether (sulfide) groups is 2. The first kappa shape index (κ1) is 153. The lowest BCUT2D eigenvalue weighted by Gasteiger charge is -2.27. The van der Waals surface area contributed by atoms with E-state index < -0.39 is 185 Å². The fourth-order valence-corrected chi connectivity index (χ4v) is 14.8. The van der Waals surface area contributed by atoms with E-state index >= 15 is 0 Å². The highest BCUT2D eigenvalue weighted by Crippen LogP contribution is 2.63. The van der Waals surface area contributed by atoms with Gasteiger partial charge in [-0.1, -0.05) is 154 Å². The molecule has 1 saturated heterocycles. The molecule has 68 heteroatoms. The summed E-state index contributed by atoms with van der Waals surface area (Å²) in [6.45, 7) is 72.8. The van der Waals surface area contributed by atoms with Crippen LogP contribution in [-0.4, -0.2) is 186 Å². The molecule has 0 amide bonds. The van der Waals surface area contributed by atoms with Crippen LogP contribution in [0.2, 0.25) is 0 Å². The van der Waals surface area contributed by atoms with Crippen LogP contribution in [0.15, 0.2) is 192 Å². The van der Waals surface area contributed by atoms with Crippen LogP contribution >= 0.6 is 45.9 Å². The number of allylic oxidation sites excluding steroid dienone is 4. The van der Waals surface area contributed by atoms with Gasteiger partial charge in [-0.05, 0) is 172 Å². The highest BCUT2D eigenvalue weighted by atomic mass is 32.3. The van der Waals surface area contributed by atoms with E-state index in [4.69, 9.17) is 38.3 Å². The first-order chi connectivity index (χ1) is 66.0. The average molecular weight is 2400 g/mol. The second-order valence-corrected chi connectivity index (χ2v) is 54.0. The van der Waals surface area contributed by atoms with Gasteiger partial charge in [0.1, 0.15) is 34.5 Å². The van der Waals surface area contributed by atoms with E-state index in [9.17, 15) is 140 Å². The Hall–Kier alpha value is -6.68. The van der Waals surface area contributed by atoms with Crippen molar-refractivity contribution in [3.8, 4) is 0 Å². The molecule has 4 unspecified atom stereocenters. The van der Waals surface area contributed by atoms with Gasteiger partial charge < -0.3 is 4.52 Å². The molecular formula is C79H126F9O46P3S10. The van der Waals surface area contributed by atoms with Crippen molar-refractivity contribution in [1.29, 1.82) is 0 Å². The van der Waals surface area contributed by atoms with E-state index in [1.165, 1.54) is 40.4 Å². The molecule has 0 N–H and O–H groups in total. The van der Waals surface area contributed by atoms with Crippen molar-refractivity contribution in [2.24, 2.45) is 0 Å². The van der Waals surface area contributed by atoms with Crippen molar-refractivity contribution in [2.75, 3.05) is 30.4 Å². The molecule has 0 aromatic heterocycles. The monoisotopic (exact) mass is 2390 g/mol. The minimum atomic E-state index is -5.16. The molecule has 1 aliphatic heterocycles.